The van der Waals surface area contributed by atoms with Gasteiger partial charge in [-0.05, 0) is 33.9 Å². The van der Waals surface area contributed by atoms with Gasteiger partial charge in [0, 0.05) is 6.61 Å². The van der Waals surface area contributed by atoms with E-state index in [1.54, 1.807) is 6.26 Å². The number of ether oxygens (including phenoxy) is 1. The molecule has 0 bridgehead atoms. The van der Waals surface area contributed by atoms with Gasteiger partial charge in [0.25, 0.3) is 0 Å². The molecule has 0 aromatic carbocycles. The summed E-state index contributed by atoms with van der Waals surface area (Å²) in [4.78, 5) is 0. The van der Waals surface area contributed by atoms with Gasteiger partial charge < -0.3 is 9.16 Å². The quantitative estimate of drug-likeness (QED) is 0.488. The average Bonchev–Trinajstić information content (AvgIpc) is 2.00. The van der Waals surface area contributed by atoms with E-state index < -0.39 is 8.32 Å². The van der Waals surface area contributed by atoms with Gasteiger partial charge in [-0.3, -0.25) is 0 Å². The van der Waals surface area contributed by atoms with Crippen molar-refractivity contribution in [2.45, 2.75) is 39.6 Å². The van der Waals surface area contributed by atoms with Crippen LogP contribution in [0, 0.1) is 0 Å². The van der Waals surface area contributed by atoms with Crippen LogP contribution in [0.3, 0.4) is 0 Å². The Labute approximate surface area is 76.7 Å². The highest BCUT2D eigenvalue weighted by atomic mass is 28.4. The minimum absolute atomic E-state index is 0.216. The maximum Gasteiger partial charge on any atom is 0.228 e. The second-order valence-corrected chi connectivity index (χ2v) is 7.59. The summed E-state index contributed by atoms with van der Waals surface area (Å²) in [6, 6.07) is 0. The third-order valence-electron chi connectivity index (χ3n) is 1.91. The minimum Gasteiger partial charge on any atom is -0.499 e. The molecule has 0 aliphatic carbocycles. The van der Waals surface area contributed by atoms with E-state index in [9.17, 15) is 0 Å². The van der Waals surface area contributed by atoms with Crippen molar-refractivity contribution >= 4 is 8.32 Å². The van der Waals surface area contributed by atoms with Gasteiger partial charge in [-0.2, -0.15) is 0 Å². The summed E-state index contributed by atoms with van der Waals surface area (Å²) in [5.74, 6) is 0. The van der Waals surface area contributed by atoms with Crippen LogP contribution < -0.4 is 0 Å². The molecular formula is C9H20O2Si. The first-order chi connectivity index (χ1) is 5.54. The third kappa shape index (κ3) is 3.92. The van der Waals surface area contributed by atoms with Crippen LogP contribution in [0.5, 0.6) is 0 Å². The molecule has 2 nitrogen and oxygen atoms in total. The van der Waals surface area contributed by atoms with E-state index in [1.165, 1.54) is 0 Å². The number of rotatable bonds is 5. The van der Waals surface area contributed by atoms with E-state index in [-0.39, 0.29) is 5.73 Å². The molecule has 0 amide bonds. The molecule has 0 aromatic rings. The van der Waals surface area contributed by atoms with Crippen molar-refractivity contribution in [3.05, 3.63) is 12.3 Å². The molecule has 0 spiro atoms. The van der Waals surface area contributed by atoms with Gasteiger partial charge in [0.2, 0.25) is 8.32 Å². The smallest absolute Gasteiger partial charge is 0.228 e. The molecule has 0 fully saturated rings. The Hall–Kier alpha value is -0.283. The summed E-state index contributed by atoms with van der Waals surface area (Å²) >= 11 is 0. The van der Waals surface area contributed by atoms with Crippen LogP contribution in [-0.4, -0.2) is 20.7 Å². The van der Waals surface area contributed by atoms with E-state index in [4.69, 9.17) is 9.16 Å². The molecule has 0 N–H and O–H groups in total. The Morgan fingerprint density at radius 2 is 2.00 bits per heavy atom. The van der Waals surface area contributed by atoms with Gasteiger partial charge in [0.15, 0.2) is 0 Å². The summed E-state index contributed by atoms with van der Waals surface area (Å²) in [5, 5.41) is 0. The van der Waals surface area contributed by atoms with E-state index in [1.807, 2.05) is 19.9 Å². The van der Waals surface area contributed by atoms with Crippen molar-refractivity contribution in [2.24, 2.45) is 0 Å². The van der Waals surface area contributed by atoms with Gasteiger partial charge in [-0.25, -0.2) is 0 Å². The summed E-state index contributed by atoms with van der Waals surface area (Å²) in [6.45, 7) is 11.2. The van der Waals surface area contributed by atoms with Crippen LogP contribution in [-0.2, 0) is 9.16 Å². The standard InChI is InChI=1S/C9H20O2Si/c1-6-8-10-9(3)12(4,5)11-7-2/h6,8-9H,7H2,1-5H3. The Kier molecular flexibility index (Phi) is 5.25. The van der Waals surface area contributed by atoms with E-state index in [0.717, 1.165) is 6.61 Å². The molecule has 3 heteroatoms. The van der Waals surface area contributed by atoms with Crippen LogP contribution in [0.25, 0.3) is 0 Å². The lowest BCUT2D eigenvalue weighted by molar-refractivity contribution is 0.184. The first-order valence-corrected chi connectivity index (χ1v) is 7.43. The second-order valence-electron chi connectivity index (χ2n) is 3.28. The van der Waals surface area contributed by atoms with Gasteiger partial charge in [0.1, 0.15) is 5.73 Å². The highest BCUT2D eigenvalue weighted by molar-refractivity contribution is 6.72. The summed E-state index contributed by atoms with van der Waals surface area (Å²) < 4.78 is 11.1. The molecular weight excluding hydrogens is 168 g/mol. The van der Waals surface area contributed by atoms with E-state index in [0.29, 0.717) is 0 Å². The minimum atomic E-state index is -1.62. The van der Waals surface area contributed by atoms with Crippen LogP contribution in [0.4, 0.5) is 0 Å². The van der Waals surface area contributed by atoms with Crippen LogP contribution in [0.1, 0.15) is 20.8 Å². The molecule has 0 heterocycles. The van der Waals surface area contributed by atoms with Crippen molar-refractivity contribution in [2.75, 3.05) is 6.61 Å². The second kappa shape index (κ2) is 5.38. The lowest BCUT2D eigenvalue weighted by atomic mass is 10.7. The van der Waals surface area contributed by atoms with Crippen molar-refractivity contribution in [1.82, 2.24) is 0 Å². The van der Waals surface area contributed by atoms with Crippen LogP contribution in [0.15, 0.2) is 12.3 Å². The molecule has 0 saturated carbocycles. The Morgan fingerprint density at radius 1 is 1.42 bits per heavy atom. The van der Waals surface area contributed by atoms with Gasteiger partial charge in [-0.1, -0.05) is 6.08 Å². The number of allylic oxidation sites excluding steroid dienone is 1. The molecule has 1 atom stereocenters. The van der Waals surface area contributed by atoms with Gasteiger partial charge >= 0.3 is 0 Å². The summed E-state index contributed by atoms with van der Waals surface area (Å²) in [5.41, 5.74) is 0.216. The predicted molar refractivity (Wildman–Crippen MR) is 54.5 cm³/mol. The monoisotopic (exact) mass is 188 g/mol. The molecule has 0 saturated heterocycles. The first kappa shape index (κ1) is 11.7. The Morgan fingerprint density at radius 3 is 2.42 bits per heavy atom. The van der Waals surface area contributed by atoms with Crippen LogP contribution >= 0.6 is 0 Å². The first-order valence-electron chi connectivity index (χ1n) is 4.45. The van der Waals surface area contributed by atoms with Gasteiger partial charge in [0.05, 0.1) is 6.26 Å². The molecule has 0 aliphatic heterocycles. The molecule has 1 unspecified atom stereocenters. The highest BCUT2D eigenvalue weighted by Gasteiger charge is 2.30. The summed E-state index contributed by atoms with van der Waals surface area (Å²) in [6.07, 6.45) is 3.63. The zero-order valence-corrected chi connectivity index (χ0v) is 9.76. The molecule has 0 radical (unpaired) electrons. The fourth-order valence-corrected chi connectivity index (χ4v) is 2.23. The zero-order chi connectivity index (χ0) is 9.61. The Balaban J connectivity index is 3.95. The van der Waals surface area contributed by atoms with E-state index in [2.05, 4.69) is 20.0 Å². The van der Waals surface area contributed by atoms with Crippen molar-refractivity contribution in [1.29, 1.82) is 0 Å². The van der Waals surface area contributed by atoms with Gasteiger partial charge in [-0.15, -0.1) is 0 Å². The molecule has 72 valence electrons. The van der Waals surface area contributed by atoms with Crippen LogP contribution in [0.2, 0.25) is 13.1 Å². The average molecular weight is 188 g/mol. The molecule has 0 aliphatic rings. The Bertz CT molecular complexity index is 143. The SMILES string of the molecule is CC=COC(C)[Si](C)(C)OCC. The lowest BCUT2D eigenvalue weighted by Crippen LogP contribution is -2.43. The lowest BCUT2D eigenvalue weighted by Gasteiger charge is -2.28. The van der Waals surface area contributed by atoms with Crippen molar-refractivity contribution in [3.63, 3.8) is 0 Å². The van der Waals surface area contributed by atoms with Crippen molar-refractivity contribution < 1.29 is 9.16 Å². The topological polar surface area (TPSA) is 18.5 Å². The fraction of sp³-hybridized carbons (Fsp3) is 0.778. The maximum atomic E-state index is 5.67. The molecule has 0 rings (SSSR count). The molecule has 12 heavy (non-hydrogen) atoms. The van der Waals surface area contributed by atoms with Crippen molar-refractivity contribution in [3.8, 4) is 0 Å². The number of hydrogen-bond donors (Lipinski definition) is 0. The van der Waals surface area contributed by atoms with E-state index >= 15 is 0 Å². The zero-order valence-electron chi connectivity index (χ0n) is 8.76. The fourth-order valence-electron chi connectivity index (χ4n) is 0.850. The molecule has 0 aromatic heterocycles. The summed E-state index contributed by atoms with van der Waals surface area (Å²) in [7, 11) is -1.62. The number of hydrogen-bond acceptors (Lipinski definition) is 2. The highest BCUT2D eigenvalue weighted by Crippen LogP contribution is 2.13. The predicted octanol–water partition coefficient (Wildman–Crippen LogP) is 2.71. The third-order valence-corrected chi connectivity index (χ3v) is 5.04. The maximum absolute atomic E-state index is 5.67. The largest absolute Gasteiger partial charge is 0.499 e. The normalized spacial score (nSPS) is 15.1.